The number of aromatic nitrogens is 5. The summed E-state index contributed by atoms with van der Waals surface area (Å²) in [5, 5.41) is 19.9. The van der Waals surface area contributed by atoms with Crippen LogP contribution in [0.2, 0.25) is 0 Å². The van der Waals surface area contributed by atoms with Crippen molar-refractivity contribution in [2.75, 3.05) is 0 Å². The van der Waals surface area contributed by atoms with Crippen molar-refractivity contribution < 1.29 is 0 Å². The van der Waals surface area contributed by atoms with E-state index in [4.69, 9.17) is 5.14 Å². The van der Waals surface area contributed by atoms with Gasteiger partial charge in [-0.1, -0.05) is 18.2 Å². The number of benzene rings is 1. The molecule has 0 unspecified atom stereocenters. The second kappa shape index (κ2) is 5.40. The number of aryl methyl sites for hydroxylation is 1. The Bertz CT molecular complexity index is 708. The molecule has 2 heterocycles. The lowest BCUT2D eigenvalue weighted by Gasteiger charge is -2.10. The van der Waals surface area contributed by atoms with Gasteiger partial charge in [-0.3, -0.25) is 10.1 Å². The molecule has 0 spiro atoms. The second-order valence-electron chi connectivity index (χ2n) is 4.25. The number of H-pyrrole nitrogens is 1. The van der Waals surface area contributed by atoms with E-state index in [0.717, 1.165) is 39.2 Å². The normalized spacial score (nSPS) is 10.7. The second-order valence-corrected chi connectivity index (χ2v) is 4.93. The van der Waals surface area contributed by atoms with Crippen molar-refractivity contribution in [3.63, 3.8) is 0 Å². The Balaban J connectivity index is 2.23. The first-order chi connectivity index (χ1) is 9.79. The minimum Gasteiger partial charge on any atom is -0.274 e. The first-order valence-corrected chi connectivity index (χ1v) is 6.84. The fraction of sp³-hybridized carbons (Fsp3) is 0.0769. The largest absolute Gasteiger partial charge is 0.274 e. The van der Waals surface area contributed by atoms with Gasteiger partial charge in [-0.2, -0.15) is 5.21 Å². The van der Waals surface area contributed by atoms with E-state index >= 15 is 0 Å². The van der Waals surface area contributed by atoms with Gasteiger partial charge >= 0.3 is 0 Å². The molecule has 7 heteroatoms. The molecule has 0 saturated carbocycles. The van der Waals surface area contributed by atoms with Crippen LogP contribution in [0.4, 0.5) is 0 Å². The van der Waals surface area contributed by atoms with Gasteiger partial charge in [-0.15, -0.1) is 10.2 Å². The van der Waals surface area contributed by atoms with Gasteiger partial charge in [0.15, 0.2) is 0 Å². The zero-order chi connectivity index (χ0) is 13.9. The van der Waals surface area contributed by atoms with Crippen LogP contribution < -0.4 is 5.14 Å². The lowest BCUT2D eigenvalue weighted by atomic mass is 10.0. The van der Waals surface area contributed by atoms with Crippen LogP contribution in [-0.2, 0) is 0 Å². The van der Waals surface area contributed by atoms with Gasteiger partial charge in [-0.05, 0) is 41.8 Å². The van der Waals surface area contributed by atoms with Crippen LogP contribution in [0.5, 0.6) is 0 Å². The maximum Gasteiger partial charge on any atom is 0.206 e. The summed E-state index contributed by atoms with van der Waals surface area (Å²) in [6, 6.07) is 9.83. The van der Waals surface area contributed by atoms with E-state index in [1.54, 1.807) is 0 Å². The Labute approximate surface area is 120 Å². The van der Waals surface area contributed by atoms with E-state index in [2.05, 4.69) is 25.6 Å². The van der Waals surface area contributed by atoms with Crippen molar-refractivity contribution in [3.05, 3.63) is 42.1 Å². The molecule has 6 nitrogen and oxygen atoms in total. The van der Waals surface area contributed by atoms with Crippen molar-refractivity contribution in [2.45, 2.75) is 11.8 Å². The molecule has 3 aromatic rings. The highest BCUT2D eigenvalue weighted by atomic mass is 32.2. The molecule has 0 aliphatic rings. The first kappa shape index (κ1) is 12.8. The molecule has 0 aliphatic heterocycles. The van der Waals surface area contributed by atoms with Crippen LogP contribution in [0.1, 0.15) is 5.56 Å². The summed E-state index contributed by atoms with van der Waals surface area (Å²) >= 11 is 1.16. The standard InChI is InChI=1S/C13H12N6S/c1-8-5-6-10(15-7-8)9-3-2-4-11(20-14)12(9)13-16-18-19-17-13/h2-7H,14H2,1H3,(H,16,17,18,19). The number of rotatable bonds is 3. The summed E-state index contributed by atoms with van der Waals surface area (Å²) in [6.07, 6.45) is 1.83. The fourth-order valence-electron chi connectivity index (χ4n) is 1.97. The molecule has 3 N–H and O–H groups in total. The highest BCUT2D eigenvalue weighted by Gasteiger charge is 2.16. The average Bonchev–Trinajstić information content (AvgIpc) is 3.01. The molecule has 0 bridgehead atoms. The molecule has 0 radical (unpaired) electrons. The van der Waals surface area contributed by atoms with Crippen LogP contribution in [0.3, 0.4) is 0 Å². The third-order valence-electron chi connectivity index (χ3n) is 2.91. The molecule has 0 saturated heterocycles. The van der Waals surface area contributed by atoms with Gasteiger partial charge in [0, 0.05) is 22.2 Å². The fourth-order valence-corrected chi connectivity index (χ4v) is 2.44. The highest BCUT2D eigenvalue weighted by Crippen LogP contribution is 2.35. The summed E-state index contributed by atoms with van der Waals surface area (Å²) in [6.45, 7) is 2.00. The van der Waals surface area contributed by atoms with E-state index in [9.17, 15) is 0 Å². The van der Waals surface area contributed by atoms with E-state index < -0.39 is 0 Å². The van der Waals surface area contributed by atoms with Gasteiger partial charge in [0.1, 0.15) is 0 Å². The smallest absolute Gasteiger partial charge is 0.206 e. The molecule has 0 fully saturated rings. The Morgan fingerprint density at radius 3 is 2.75 bits per heavy atom. The lowest BCUT2D eigenvalue weighted by molar-refractivity contribution is 0.881. The number of nitrogens with two attached hydrogens (primary N) is 1. The molecule has 0 amide bonds. The van der Waals surface area contributed by atoms with Crippen molar-refractivity contribution in [1.82, 2.24) is 25.6 Å². The van der Waals surface area contributed by atoms with E-state index in [0.29, 0.717) is 5.82 Å². The van der Waals surface area contributed by atoms with Crippen molar-refractivity contribution >= 4 is 11.9 Å². The van der Waals surface area contributed by atoms with Gasteiger partial charge in [0.2, 0.25) is 5.82 Å². The maximum absolute atomic E-state index is 5.74. The van der Waals surface area contributed by atoms with Crippen molar-refractivity contribution in [1.29, 1.82) is 0 Å². The van der Waals surface area contributed by atoms with Crippen LogP contribution in [0.15, 0.2) is 41.4 Å². The minimum atomic E-state index is 0.510. The monoisotopic (exact) mass is 284 g/mol. The maximum atomic E-state index is 5.74. The number of tetrazole rings is 1. The van der Waals surface area contributed by atoms with Crippen LogP contribution in [0, 0.1) is 6.92 Å². The Morgan fingerprint density at radius 2 is 2.10 bits per heavy atom. The highest BCUT2D eigenvalue weighted by molar-refractivity contribution is 7.97. The zero-order valence-electron chi connectivity index (χ0n) is 10.7. The number of pyridine rings is 1. The van der Waals surface area contributed by atoms with E-state index in [1.165, 1.54) is 0 Å². The first-order valence-electron chi connectivity index (χ1n) is 5.96. The Hall–Kier alpha value is -2.25. The predicted molar refractivity (Wildman–Crippen MR) is 77.6 cm³/mol. The van der Waals surface area contributed by atoms with E-state index in [-0.39, 0.29) is 0 Å². The summed E-state index contributed by atoms with van der Waals surface area (Å²) in [4.78, 5) is 5.34. The van der Waals surface area contributed by atoms with Gasteiger partial charge in [-0.25, -0.2) is 0 Å². The number of nitrogens with zero attached hydrogens (tertiary/aromatic N) is 4. The lowest BCUT2D eigenvalue weighted by Crippen LogP contribution is -1.94. The summed E-state index contributed by atoms with van der Waals surface area (Å²) in [5.74, 6) is 0.510. The number of hydrogen-bond donors (Lipinski definition) is 2. The van der Waals surface area contributed by atoms with Gasteiger partial charge < -0.3 is 0 Å². The molecular formula is C13H12N6S. The topological polar surface area (TPSA) is 93.4 Å². The van der Waals surface area contributed by atoms with Gasteiger partial charge in [0.05, 0.1) is 5.69 Å². The molecule has 100 valence electrons. The number of aromatic amines is 1. The average molecular weight is 284 g/mol. The summed E-state index contributed by atoms with van der Waals surface area (Å²) < 4.78 is 0. The minimum absolute atomic E-state index is 0.510. The molecule has 0 atom stereocenters. The van der Waals surface area contributed by atoms with Crippen LogP contribution in [0.25, 0.3) is 22.6 Å². The number of nitrogens with one attached hydrogen (secondary N) is 1. The summed E-state index contributed by atoms with van der Waals surface area (Å²) in [5.41, 5.74) is 3.73. The Morgan fingerprint density at radius 1 is 1.20 bits per heavy atom. The molecule has 20 heavy (non-hydrogen) atoms. The molecule has 1 aromatic carbocycles. The molecular weight excluding hydrogens is 272 g/mol. The third-order valence-corrected chi connectivity index (χ3v) is 3.50. The van der Waals surface area contributed by atoms with Gasteiger partial charge in [0.25, 0.3) is 0 Å². The van der Waals surface area contributed by atoms with Crippen LogP contribution >= 0.6 is 11.9 Å². The van der Waals surface area contributed by atoms with Crippen molar-refractivity contribution in [3.8, 4) is 22.6 Å². The quantitative estimate of drug-likeness (QED) is 0.716. The Kier molecular flexibility index (Phi) is 3.44. The zero-order valence-corrected chi connectivity index (χ0v) is 11.6. The predicted octanol–water partition coefficient (Wildman–Crippen LogP) is 2.20. The number of hydrogen-bond acceptors (Lipinski definition) is 6. The van der Waals surface area contributed by atoms with E-state index in [1.807, 2.05) is 43.5 Å². The molecule has 2 aromatic heterocycles. The molecule has 3 rings (SSSR count). The van der Waals surface area contributed by atoms with Crippen LogP contribution in [-0.4, -0.2) is 25.6 Å². The SMILES string of the molecule is Cc1ccc(-c2cccc(SN)c2-c2nn[nH]n2)nc1. The molecule has 0 aliphatic carbocycles. The van der Waals surface area contributed by atoms with Crippen molar-refractivity contribution in [2.24, 2.45) is 5.14 Å². The third kappa shape index (κ3) is 2.28. The summed E-state index contributed by atoms with van der Waals surface area (Å²) in [7, 11) is 0.